The second-order valence-corrected chi connectivity index (χ2v) is 4.94. The molecule has 1 heterocycles. The largest absolute Gasteiger partial charge is 0.330 e. The third-order valence-electron chi connectivity index (χ3n) is 3.43. The molecule has 0 fully saturated rings. The normalized spacial score (nSPS) is 14.0. The first-order valence-electron chi connectivity index (χ1n) is 6.39. The molecule has 0 saturated carbocycles. The van der Waals surface area contributed by atoms with Gasteiger partial charge in [-0.2, -0.15) is 0 Å². The Bertz CT molecular complexity index is 649. The number of aryl methyl sites for hydroxylation is 2. The Hall–Kier alpha value is -2.29. The van der Waals surface area contributed by atoms with Crippen molar-refractivity contribution >= 4 is 23.0 Å². The van der Waals surface area contributed by atoms with E-state index < -0.39 is 0 Å². The highest BCUT2D eigenvalue weighted by Gasteiger charge is 2.23. The molecule has 96 valence electrons. The van der Waals surface area contributed by atoms with Gasteiger partial charge in [-0.25, -0.2) is 0 Å². The van der Waals surface area contributed by atoms with Gasteiger partial charge in [0.15, 0.2) is 0 Å². The molecule has 0 spiro atoms. The van der Waals surface area contributed by atoms with Crippen LogP contribution in [0.1, 0.15) is 11.1 Å². The fraction of sp³-hybridized carbons (Fsp3) is 0.188. The number of carbonyl (C=O) groups excluding carboxylic acids is 1. The Morgan fingerprint density at radius 3 is 2.68 bits per heavy atom. The van der Waals surface area contributed by atoms with Crippen molar-refractivity contribution in [2.45, 2.75) is 13.8 Å². The summed E-state index contributed by atoms with van der Waals surface area (Å²) in [5.41, 5.74) is 5.40. The molecule has 1 N–H and O–H groups in total. The number of benzene rings is 2. The number of rotatable bonds is 1. The van der Waals surface area contributed by atoms with Gasteiger partial charge in [-0.05, 0) is 43.2 Å². The molecule has 3 nitrogen and oxygen atoms in total. The number of fused-ring (bicyclic) bond motifs is 1. The zero-order valence-electron chi connectivity index (χ0n) is 11.1. The van der Waals surface area contributed by atoms with Crippen molar-refractivity contribution in [2.24, 2.45) is 0 Å². The van der Waals surface area contributed by atoms with Crippen molar-refractivity contribution in [3.05, 3.63) is 53.6 Å². The zero-order chi connectivity index (χ0) is 13.4. The molecule has 0 saturated heterocycles. The van der Waals surface area contributed by atoms with Crippen LogP contribution in [0.4, 0.5) is 17.1 Å². The van der Waals surface area contributed by atoms with E-state index in [1.165, 1.54) is 11.1 Å². The van der Waals surface area contributed by atoms with Crippen molar-refractivity contribution in [1.29, 1.82) is 0 Å². The van der Waals surface area contributed by atoms with E-state index in [4.69, 9.17) is 0 Å². The maximum absolute atomic E-state index is 11.9. The molecule has 0 radical (unpaired) electrons. The summed E-state index contributed by atoms with van der Waals surface area (Å²) in [5.74, 6) is 0.0274. The van der Waals surface area contributed by atoms with Crippen LogP contribution in [0.15, 0.2) is 42.5 Å². The van der Waals surface area contributed by atoms with Crippen molar-refractivity contribution < 1.29 is 4.79 Å². The molecule has 0 bridgehead atoms. The fourth-order valence-corrected chi connectivity index (χ4v) is 2.46. The summed E-state index contributed by atoms with van der Waals surface area (Å²) < 4.78 is 0. The summed E-state index contributed by atoms with van der Waals surface area (Å²) in [6.45, 7) is 4.50. The Labute approximate surface area is 112 Å². The third-order valence-corrected chi connectivity index (χ3v) is 3.43. The van der Waals surface area contributed by atoms with E-state index in [0.717, 1.165) is 17.1 Å². The van der Waals surface area contributed by atoms with Gasteiger partial charge in [0.1, 0.15) is 6.54 Å². The Kier molecular flexibility index (Phi) is 2.75. The molecule has 1 aliphatic rings. The lowest BCUT2D eigenvalue weighted by atomic mass is 10.1. The lowest BCUT2D eigenvalue weighted by molar-refractivity contribution is -0.115. The lowest BCUT2D eigenvalue weighted by Crippen LogP contribution is -2.35. The average Bonchev–Trinajstić information content (AvgIpc) is 2.40. The molecule has 0 aliphatic carbocycles. The molecule has 3 rings (SSSR count). The summed E-state index contributed by atoms with van der Waals surface area (Å²) in [6, 6.07) is 14.2. The number of hydrogen-bond acceptors (Lipinski definition) is 2. The second-order valence-electron chi connectivity index (χ2n) is 4.94. The van der Waals surface area contributed by atoms with Crippen LogP contribution in [-0.4, -0.2) is 12.5 Å². The quantitative estimate of drug-likeness (QED) is 0.843. The highest BCUT2D eigenvalue weighted by molar-refractivity contribution is 6.03. The Morgan fingerprint density at radius 2 is 1.84 bits per heavy atom. The number of amides is 1. The molecule has 0 atom stereocenters. The van der Waals surface area contributed by atoms with Crippen LogP contribution in [-0.2, 0) is 4.79 Å². The molecule has 19 heavy (non-hydrogen) atoms. The van der Waals surface area contributed by atoms with Crippen molar-refractivity contribution in [3.8, 4) is 0 Å². The summed E-state index contributed by atoms with van der Waals surface area (Å²) >= 11 is 0. The zero-order valence-corrected chi connectivity index (χ0v) is 11.1. The molecule has 1 amide bonds. The molecule has 2 aromatic carbocycles. The van der Waals surface area contributed by atoms with Crippen LogP contribution in [0.25, 0.3) is 0 Å². The van der Waals surface area contributed by atoms with E-state index in [1.54, 1.807) is 0 Å². The highest BCUT2D eigenvalue weighted by atomic mass is 16.2. The summed E-state index contributed by atoms with van der Waals surface area (Å²) in [6.07, 6.45) is 0. The van der Waals surface area contributed by atoms with Gasteiger partial charge in [0.2, 0.25) is 5.91 Å². The number of anilines is 3. The number of carbonyl (C=O) groups is 1. The first kappa shape index (κ1) is 11.8. The predicted molar refractivity (Wildman–Crippen MR) is 78.0 cm³/mol. The summed E-state index contributed by atoms with van der Waals surface area (Å²) in [5, 5.41) is 2.91. The minimum absolute atomic E-state index is 0.0274. The van der Waals surface area contributed by atoms with E-state index in [2.05, 4.69) is 42.3 Å². The topological polar surface area (TPSA) is 32.3 Å². The van der Waals surface area contributed by atoms with Gasteiger partial charge >= 0.3 is 0 Å². The van der Waals surface area contributed by atoms with Crippen LogP contribution < -0.4 is 10.2 Å². The Balaban J connectivity index is 2.15. The molecule has 0 aromatic heterocycles. The molecular formula is C16H16N2O. The number of nitrogens with zero attached hydrogens (tertiary/aromatic N) is 1. The number of hydrogen-bond donors (Lipinski definition) is 1. The number of nitrogens with one attached hydrogen (secondary N) is 1. The van der Waals surface area contributed by atoms with Gasteiger partial charge in [-0.15, -0.1) is 0 Å². The smallest absolute Gasteiger partial charge is 0.244 e. The maximum atomic E-state index is 11.9. The lowest BCUT2D eigenvalue weighted by Gasteiger charge is -2.32. The molecule has 3 heteroatoms. The van der Waals surface area contributed by atoms with Crippen molar-refractivity contribution in [2.75, 3.05) is 16.8 Å². The average molecular weight is 252 g/mol. The van der Waals surface area contributed by atoms with Gasteiger partial charge in [-0.3, -0.25) is 4.79 Å². The molecule has 2 aromatic rings. The van der Waals surface area contributed by atoms with E-state index in [9.17, 15) is 4.79 Å². The maximum Gasteiger partial charge on any atom is 0.244 e. The van der Waals surface area contributed by atoms with E-state index in [1.807, 2.05) is 24.3 Å². The molecule has 1 aliphatic heterocycles. The number of para-hydroxylation sites is 2. The van der Waals surface area contributed by atoms with Crippen LogP contribution in [0.2, 0.25) is 0 Å². The van der Waals surface area contributed by atoms with Gasteiger partial charge in [-0.1, -0.05) is 24.3 Å². The standard InChI is InChI=1S/C16H16N2O/c1-11-7-8-12(2)15(9-11)18-10-16(19)17-13-5-3-4-6-14(13)18/h3-9H,10H2,1-2H3,(H,17,19). The summed E-state index contributed by atoms with van der Waals surface area (Å²) in [4.78, 5) is 13.9. The summed E-state index contributed by atoms with van der Waals surface area (Å²) in [7, 11) is 0. The molecular weight excluding hydrogens is 236 g/mol. The first-order valence-corrected chi connectivity index (χ1v) is 6.39. The van der Waals surface area contributed by atoms with Crippen molar-refractivity contribution in [1.82, 2.24) is 0 Å². The monoisotopic (exact) mass is 252 g/mol. The second kappa shape index (κ2) is 4.43. The SMILES string of the molecule is Cc1ccc(C)c(N2CC(=O)Nc3ccccc32)c1. The van der Waals surface area contributed by atoms with Gasteiger partial charge in [0.05, 0.1) is 11.4 Å². The van der Waals surface area contributed by atoms with Gasteiger partial charge in [0.25, 0.3) is 0 Å². The van der Waals surface area contributed by atoms with Crippen LogP contribution in [0.3, 0.4) is 0 Å². The van der Waals surface area contributed by atoms with E-state index in [-0.39, 0.29) is 5.91 Å². The molecule has 0 unspecified atom stereocenters. The minimum Gasteiger partial charge on any atom is -0.330 e. The van der Waals surface area contributed by atoms with E-state index >= 15 is 0 Å². The minimum atomic E-state index is 0.0274. The van der Waals surface area contributed by atoms with E-state index in [0.29, 0.717) is 6.54 Å². The van der Waals surface area contributed by atoms with Crippen molar-refractivity contribution in [3.63, 3.8) is 0 Å². The van der Waals surface area contributed by atoms with Crippen LogP contribution in [0, 0.1) is 13.8 Å². The highest BCUT2D eigenvalue weighted by Crippen LogP contribution is 2.36. The van der Waals surface area contributed by atoms with Gasteiger partial charge < -0.3 is 10.2 Å². The van der Waals surface area contributed by atoms with Crippen LogP contribution >= 0.6 is 0 Å². The predicted octanol–water partition coefficient (Wildman–Crippen LogP) is 3.39. The van der Waals surface area contributed by atoms with Gasteiger partial charge in [0, 0.05) is 5.69 Å². The van der Waals surface area contributed by atoms with Crippen LogP contribution in [0.5, 0.6) is 0 Å². The fourth-order valence-electron chi connectivity index (χ4n) is 2.46. The Morgan fingerprint density at radius 1 is 1.05 bits per heavy atom. The first-order chi connectivity index (χ1) is 9.15. The third kappa shape index (κ3) is 2.08.